The van der Waals surface area contributed by atoms with E-state index >= 15 is 0 Å². The standard InChI is InChI=1S/C19H18O6/c1-7-6-9(23-5)11-12-10(7)16-14(19(3,4)8(2)24-16)15(20)13(12)18(22)25-17(11)21/h6,8,20H,1-5H3/t8-/m0/s1. The molecule has 0 radical (unpaired) electrons. The zero-order chi connectivity index (χ0) is 18.3. The second-order valence-electron chi connectivity index (χ2n) is 7.11. The van der Waals surface area contributed by atoms with Crippen molar-refractivity contribution in [1.29, 1.82) is 0 Å². The maximum atomic E-state index is 12.4. The summed E-state index contributed by atoms with van der Waals surface area (Å²) in [7, 11) is 1.44. The van der Waals surface area contributed by atoms with Gasteiger partial charge in [-0.1, -0.05) is 13.8 Å². The fourth-order valence-corrected chi connectivity index (χ4v) is 3.80. The van der Waals surface area contributed by atoms with Crippen molar-refractivity contribution in [2.45, 2.75) is 39.2 Å². The number of methoxy groups -OCH3 is 1. The van der Waals surface area contributed by atoms with E-state index in [0.717, 1.165) is 5.56 Å². The minimum absolute atomic E-state index is 0.00359. The number of phenolic OH excluding ortho intramolecular Hbond substituents is 1. The molecule has 2 aliphatic heterocycles. The highest BCUT2D eigenvalue weighted by Gasteiger charge is 2.46. The van der Waals surface area contributed by atoms with Crippen LogP contribution in [0.3, 0.4) is 0 Å². The molecule has 4 rings (SSSR count). The molecule has 0 aliphatic carbocycles. The Labute approximate surface area is 144 Å². The quantitative estimate of drug-likeness (QED) is 0.633. The lowest BCUT2D eigenvalue weighted by Crippen LogP contribution is -2.29. The molecule has 1 atom stereocenters. The Morgan fingerprint density at radius 3 is 2.44 bits per heavy atom. The molecule has 0 unspecified atom stereocenters. The van der Waals surface area contributed by atoms with Crippen molar-refractivity contribution in [3.8, 4) is 17.2 Å². The number of aromatic hydroxyl groups is 1. The van der Waals surface area contributed by atoms with Crippen molar-refractivity contribution in [2.75, 3.05) is 7.11 Å². The average molecular weight is 342 g/mol. The first-order chi connectivity index (χ1) is 11.7. The maximum Gasteiger partial charge on any atom is 0.350 e. The van der Waals surface area contributed by atoms with Crippen LogP contribution in [-0.4, -0.2) is 30.3 Å². The summed E-state index contributed by atoms with van der Waals surface area (Å²) >= 11 is 0. The molecular weight excluding hydrogens is 324 g/mol. The van der Waals surface area contributed by atoms with Gasteiger partial charge in [-0.3, -0.25) is 0 Å². The lowest BCUT2D eigenvalue weighted by molar-refractivity contribution is 0.0387. The van der Waals surface area contributed by atoms with Gasteiger partial charge in [-0.2, -0.15) is 0 Å². The van der Waals surface area contributed by atoms with Gasteiger partial charge in [-0.25, -0.2) is 9.59 Å². The van der Waals surface area contributed by atoms with E-state index in [4.69, 9.17) is 14.2 Å². The van der Waals surface area contributed by atoms with E-state index in [1.54, 1.807) is 6.07 Å². The van der Waals surface area contributed by atoms with Crippen molar-refractivity contribution >= 4 is 22.7 Å². The lowest BCUT2D eigenvalue weighted by atomic mass is 9.78. The summed E-state index contributed by atoms with van der Waals surface area (Å²) in [6, 6.07) is 1.72. The number of carbonyl (C=O) groups excluding carboxylic acids is 2. The number of phenols is 1. The van der Waals surface area contributed by atoms with Gasteiger partial charge in [0.2, 0.25) is 0 Å². The molecule has 2 aromatic rings. The van der Waals surface area contributed by atoms with E-state index < -0.39 is 17.4 Å². The van der Waals surface area contributed by atoms with E-state index in [9.17, 15) is 14.7 Å². The van der Waals surface area contributed by atoms with Gasteiger partial charge in [0.1, 0.15) is 34.5 Å². The normalized spacial score (nSPS) is 20.3. The number of cyclic esters (lactones) is 2. The first-order valence-corrected chi connectivity index (χ1v) is 8.04. The lowest BCUT2D eigenvalue weighted by Gasteiger charge is -2.25. The molecule has 25 heavy (non-hydrogen) atoms. The van der Waals surface area contributed by atoms with Crippen molar-refractivity contribution in [3.05, 3.63) is 28.3 Å². The molecule has 0 saturated carbocycles. The van der Waals surface area contributed by atoms with Crippen molar-refractivity contribution in [2.24, 2.45) is 0 Å². The summed E-state index contributed by atoms with van der Waals surface area (Å²) in [5, 5.41) is 11.9. The molecule has 0 aromatic heterocycles. The molecule has 6 heteroatoms. The highest BCUT2D eigenvalue weighted by Crippen LogP contribution is 2.55. The second-order valence-corrected chi connectivity index (χ2v) is 7.11. The predicted octanol–water partition coefficient (Wildman–Crippen LogP) is 3.23. The van der Waals surface area contributed by atoms with Crippen molar-refractivity contribution < 1.29 is 28.9 Å². The minimum Gasteiger partial charge on any atom is -0.507 e. The summed E-state index contributed by atoms with van der Waals surface area (Å²) in [6.45, 7) is 7.65. The molecule has 0 spiro atoms. The summed E-state index contributed by atoms with van der Waals surface area (Å²) in [6.07, 6.45) is -0.204. The molecule has 2 aliphatic rings. The Kier molecular flexibility index (Phi) is 2.93. The van der Waals surface area contributed by atoms with Crippen LogP contribution in [0.2, 0.25) is 0 Å². The molecule has 2 heterocycles. The first-order valence-electron chi connectivity index (χ1n) is 8.04. The highest BCUT2D eigenvalue weighted by atomic mass is 16.6. The molecule has 130 valence electrons. The zero-order valence-corrected chi connectivity index (χ0v) is 14.6. The van der Waals surface area contributed by atoms with Gasteiger partial charge in [-0.05, 0) is 25.5 Å². The Hall–Kier alpha value is -2.76. The molecule has 0 amide bonds. The van der Waals surface area contributed by atoms with Crippen LogP contribution in [0, 0.1) is 6.92 Å². The Morgan fingerprint density at radius 2 is 1.80 bits per heavy atom. The Balaban J connectivity index is 2.31. The van der Waals surface area contributed by atoms with Crippen LogP contribution in [0.5, 0.6) is 17.2 Å². The third kappa shape index (κ3) is 1.74. The summed E-state index contributed by atoms with van der Waals surface area (Å²) in [5.41, 5.74) is 0.986. The molecule has 2 aromatic carbocycles. The molecule has 0 fully saturated rings. The Bertz CT molecular complexity index is 986. The van der Waals surface area contributed by atoms with Crippen molar-refractivity contribution in [3.63, 3.8) is 0 Å². The van der Waals surface area contributed by atoms with Gasteiger partial charge in [-0.15, -0.1) is 0 Å². The van der Waals surface area contributed by atoms with Gasteiger partial charge in [0, 0.05) is 21.8 Å². The largest absolute Gasteiger partial charge is 0.507 e. The molecule has 1 N–H and O–H groups in total. The van der Waals surface area contributed by atoms with Crippen LogP contribution in [0.4, 0.5) is 0 Å². The first kappa shape index (κ1) is 15.7. The fourth-order valence-electron chi connectivity index (χ4n) is 3.80. The van der Waals surface area contributed by atoms with Crippen LogP contribution >= 0.6 is 0 Å². The van der Waals surface area contributed by atoms with Crippen LogP contribution in [-0.2, 0) is 10.2 Å². The van der Waals surface area contributed by atoms with Gasteiger partial charge >= 0.3 is 11.9 Å². The van der Waals surface area contributed by atoms with Gasteiger partial charge in [0.05, 0.1) is 7.11 Å². The summed E-state index contributed by atoms with van der Waals surface area (Å²) in [5.74, 6) is -1.02. The molecule has 0 bridgehead atoms. The average Bonchev–Trinajstić information content (AvgIpc) is 2.75. The summed E-state index contributed by atoms with van der Waals surface area (Å²) < 4.78 is 16.2. The number of hydrogen-bond acceptors (Lipinski definition) is 6. The minimum atomic E-state index is -0.856. The topological polar surface area (TPSA) is 82.1 Å². The van der Waals surface area contributed by atoms with E-state index in [1.165, 1.54) is 7.11 Å². The van der Waals surface area contributed by atoms with Crippen LogP contribution < -0.4 is 9.47 Å². The van der Waals surface area contributed by atoms with E-state index in [1.807, 2.05) is 27.7 Å². The molecule has 6 nitrogen and oxygen atoms in total. The van der Waals surface area contributed by atoms with E-state index in [2.05, 4.69) is 0 Å². The highest BCUT2D eigenvalue weighted by molar-refractivity contribution is 6.25. The van der Waals surface area contributed by atoms with Gasteiger partial charge in [0.15, 0.2) is 0 Å². The number of carbonyl (C=O) groups is 2. The third-order valence-electron chi connectivity index (χ3n) is 5.43. The zero-order valence-electron chi connectivity index (χ0n) is 14.6. The van der Waals surface area contributed by atoms with Gasteiger partial charge < -0.3 is 19.3 Å². The number of hydrogen-bond donors (Lipinski definition) is 1. The number of rotatable bonds is 1. The molecular formula is C19H18O6. The molecule has 0 saturated heterocycles. The number of fused-ring (bicyclic) bond motifs is 2. The number of ether oxygens (including phenoxy) is 3. The third-order valence-corrected chi connectivity index (χ3v) is 5.43. The van der Waals surface area contributed by atoms with Crippen LogP contribution in [0.25, 0.3) is 10.8 Å². The maximum absolute atomic E-state index is 12.4. The predicted molar refractivity (Wildman–Crippen MR) is 89.8 cm³/mol. The second kappa shape index (κ2) is 4.65. The van der Waals surface area contributed by atoms with Gasteiger partial charge in [0.25, 0.3) is 0 Å². The van der Waals surface area contributed by atoms with E-state index in [0.29, 0.717) is 27.8 Å². The van der Waals surface area contributed by atoms with Crippen LogP contribution in [0.15, 0.2) is 6.07 Å². The fraction of sp³-hybridized carbons (Fsp3) is 0.368. The van der Waals surface area contributed by atoms with Crippen LogP contribution in [0.1, 0.15) is 52.6 Å². The number of esters is 2. The van der Waals surface area contributed by atoms with Crippen molar-refractivity contribution in [1.82, 2.24) is 0 Å². The summed E-state index contributed by atoms with van der Waals surface area (Å²) in [4.78, 5) is 24.8. The Morgan fingerprint density at radius 1 is 1.16 bits per heavy atom. The smallest absolute Gasteiger partial charge is 0.350 e. The number of aryl methyl sites for hydroxylation is 1. The van der Waals surface area contributed by atoms with E-state index in [-0.39, 0.29) is 23.0 Å². The number of benzene rings is 2. The SMILES string of the molecule is COc1cc(C)c2c3c(c(O)c4c2c1C(=O)OC4=O)C(C)(C)[C@H](C)O3. The monoisotopic (exact) mass is 342 g/mol.